The second kappa shape index (κ2) is 9.47. The molecule has 0 atom stereocenters. The van der Waals surface area contributed by atoms with Crippen molar-refractivity contribution in [1.29, 1.82) is 0 Å². The number of anilines is 1. The number of amides is 1. The highest BCUT2D eigenvalue weighted by Gasteiger charge is 2.22. The number of esters is 2. The molecular weight excluding hydrogens is 392 g/mol. The summed E-state index contributed by atoms with van der Waals surface area (Å²) in [6, 6.07) is 9.33. The van der Waals surface area contributed by atoms with Crippen LogP contribution in [0.5, 0.6) is 0 Å². The molecule has 0 saturated carbocycles. The van der Waals surface area contributed by atoms with E-state index in [4.69, 9.17) is 21.1 Å². The fourth-order valence-electron chi connectivity index (χ4n) is 2.14. The largest absolute Gasteiger partial charge is 0.462 e. The van der Waals surface area contributed by atoms with Gasteiger partial charge in [0.15, 0.2) is 6.61 Å². The number of ether oxygens (including phenoxy) is 2. The molecule has 2 aromatic carbocycles. The molecule has 0 heterocycles. The van der Waals surface area contributed by atoms with E-state index in [1.165, 1.54) is 30.3 Å². The van der Waals surface area contributed by atoms with Crippen molar-refractivity contribution in [1.82, 2.24) is 0 Å². The normalized spacial score (nSPS) is 10.1. The molecule has 9 nitrogen and oxygen atoms in total. The van der Waals surface area contributed by atoms with Crippen LogP contribution in [0.2, 0.25) is 5.02 Å². The molecule has 0 saturated heterocycles. The smallest absolute Gasteiger partial charge is 0.345 e. The van der Waals surface area contributed by atoms with Crippen molar-refractivity contribution < 1.29 is 28.8 Å². The first-order valence-electron chi connectivity index (χ1n) is 8.00. The Kier molecular flexibility index (Phi) is 7.05. The zero-order chi connectivity index (χ0) is 20.7. The Morgan fingerprint density at radius 2 is 1.75 bits per heavy atom. The van der Waals surface area contributed by atoms with E-state index in [9.17, 15) is 24.5 Å². The number of hydrogen-bond donors (Lipinski definition) is 1. The number of hydrogen-bond acceptors (Lipinski definition) is 7. The number of carbonyl (C=O) groups is 3. The van der Waals surface area contributed by atoms with Gasteiger partial charge in [0.2, 0.25) is 0 Å². The molecule has 2 aromatic rings. The van der Waals surface area contributed by atoms with Gasteiger partial charge >= 0.3 is 11.9 Å². The maximum Gasteiger partial charge on any atom is 0.345 e. The minimum absolute atomic E-state index is 0.115. The Morgan fingerprint density at radius 3 is 2.36 bits per heavy atom. The molecule has 0 aliphatic rings. The summed E-state index contributed by atoms with van der Waals surface area (Å²) in [7, 11) is 0. The predicted octanol–water partition coefficient (Wildman–Crippen LogP) is 3.22. The van der Waals surface area contributed by atoms with E-state index in [-0.39, 0.29) is 17.2 Å². The Bertz CT molecular complexity index is 913. The van der Waals surface area contributed by atoms with Crippen LogP contribution in [-0.4, -0.2) is 36.0 Å². The van der Waals surface area contributed by atoms with Crippen molar-refractivity contribution in [2.75, 3.05) is 18.5 Å². The summed E-state index contributed by atoms with van der Waals surface area (Å²) in [5, 5.41) is 13.6. The highest BCUT2D eigenvalue weighted by molar-refractivity contribution is 6.31. The first-order valence-corrected chi connectivity index (χ1v) is 8.37. The molecule has 0 unspecified atom stereocenters. The van der Waals surface area contributed by atoms with Gasteiger partial charge in [-0.3, -0.25) is 14.9 Å². The molecular formula is C18H15ClN2O7. The van der Waals surface area contributed by atoms with Gasteiger partial charge in [0.1, 0.15) is 5.56 Å². The third-order valence-electron chi connectivity index (χ3n) is 3.39. The van der Waals surface area contributed by atoms with Crippen molar-refractivity contribution in [3.05, 3.63) is 68.7 Å². The number of nitrogens with one attached hydrogen (secondary N) is 1. The van der Waals surface area contributed by atoms with Crippen LogP contribution in [0.15, 0.2) is 42.5 Å². The van der Waals surface area contributed by atoms with Crippen LogP contribution < -0.4 is 5.32 Å². The van der Waals surface area contributed by atoms with E-state index in [0.29, 0.717) is 11.3 Å². The van der Waals surface area contributed by atoms with E-state index >= 15 is 0 Å². The second-order valence-electron chi connectivity index (χ2n) is 5.34. The van der Waals surface area contributed by atoms with Crippen LogP contribution in [-0.2, 0) is 14.3 Å². The zero-order valence-electron chi connectivity index (χ0n) is 14.6. The summed E-state index contributed by atoms with van der Waals surface area (Å²) in [4.78, 5) is 45.7. The summed E-state index contributed by atoms with van der Waals surface area (Å²) in [6.45, 7) is 1.27. The van der Waals surface area contributed by atoms with Crippen LogP contribution in [0, 0.1) is 10.1 Å². The molecule has 0 bridgehead atoms. The molecule has 0 radical (unpaired) electrons. The zero-order valence-corrected chi connectivity index (χ0v) is 15.4. The highest BCUT2D eigenvalue weighted by atomic mass is 35.5. The monoisotopic (exact) mass is 406 g/mol. The SMILES string of the molecule is CCOC(=O)c1ccc(NC(=O)COC(=O)c2cc(Cl)ccc2[N+](=O)[O-])cc1. The van der Waals surface area contributed by atoms with Crippen LogP contribution in [0.25, 0.3) is 0 Å². The van der Waals surface area contributed by atoms with E-state index in [1.807, 2.05) is 0 Å². The van der Waals surface area contributed by atoms with Crippen molar-refractivity contribution in [3.63, 3.8) is 0 Å². The molecule has 0 fully saturated rings. The van der Waals surface area contributed by atoms with Gasteiger partial charge in [-0.1, -0.05) is 11.6 Å². The van der Waals surface area contributed by atoms with Crippen LogP contribution in [0.3, 0.4) is 0 Å². The van der Waals surface area contributed by atoms with Gasteiger partial charge in [0.05, 0.1) is 17.1 Å². The summed E-state index contributed by atoms with van der Waals surface area (Å²) in [5.41, 5.74) is -0.157. The van der Waals surface area contributed by atoms with Gasteiger partial charge in [0, 0.05) is 16.8 Å². The maximum absolute atomic E-state index is 12.0. The Labute approximate surface area is 164 Å². The minimum Gasteiger partial charge on any atom is -0.462 e. The molecule has 1 N–H and O–H groups in total. The number of nitro groups is 1. The quantitative estimate of drug-likeness (QED) is 0.425. The summed E-state index contributed by atoms with van der Waals surface area (Å²) >= 11 is 5.75. The number of nitrogens with zero attached hydrogens (tertiary/aromatic N) is 1. The summed E-state index contributed by atoms with van der Waals surface area (Å²) < 4.78 is 9.66. The van der Waals surface area contributed by atoms with Crippen molar-refractivity contribution in [2.45, 2.75) is 6.92 Å². The first kappa shape index (κ1) is 20.8. The van der Waals surface area contributed by atoms with Gasteiger partial charge in [-0.25, -0.2) is 9.59 Å². The lowest BCUT2D eigenvalue weighted by Crippen LogP contribution is -2.21. The molecule has 0 aliphatic carbocycles. The predicted molar refractivity (Wildman–Crippen MR) is 99.4 cm³/mol. The minimum atomic E-state index is -1.05. The molecule has 28 heavy (non-hydrogen) atoms. The molecule has 2 rings (SSSR count). The van der Waals surface area contributed by atoms with Gasteiger partial charge in [0.25, 0.3) is 11.6 Å². The lowest BCUT2D eigenvalue weighted by Gasteiger charge is -2.08. The number of rotatable bonds is 7. The number of nitro benzene ring substituents is 1. The third-order valence-corrected chi connectivity index (χ3v) is 3.62. The second-order valence-corrected chi connectivity index (χ2v) is 5.78. The van der Waals surface area contributed by atoms with Crippen LogP contribution in [0.1, 0.15) is 27.6 Å². The lowest BCUT2D eigenvalue weighted by molar-refractivity contribution is -0.385. The number of halogens is 1. The topological polar surface area (TPSA) is 125 Å². The highest BCUT2D eigenvalue weighted by Crippen LogP contribution is 2.23. The van der Waals surface area contributed by atoms with E-state index in [1.54, 1.807) is 6.92 Å². The Balaban J connectivity index is 1.96. The average Bonchev–Trinajstić information content (AvgIpc) is 2.66. The molecule has 0 aromatic heterocycles. The van der Waals surface area contributed by atoms with E-state index in [0.717, 1.165) is 12.1 Å². The first-order chi connectivity index (χ1) is 13.3. The van der Waals surface area contributed by atoms with E-state index < -0.39 is 35.1 Å². The van der Waals surface area contributed by atoms with Gasteiger partial charge in [-0.05, 0) is 43.3 Å². The molecule has 1 amide bonds. The fourth-order valence-corrected chi connectivity index (χ4v) is 2.31. The molecule has 0 aliphatic heterocycles. The number of benzene rings is 2. The average molecular weight is 407 g/mol. The molecule has 10 heteroatoms. The third kappa shape index (κ3) is 5.52. The molecule has 146 valence electrons. The standard InChI is InChI=1S/C18H15ClN2O7/c1-2-27-17(23)11-3-6-13(7-4-11)20-16(22)10-28-18(24)14-9-12(19)5-8-15(14)21(25)26/h3-9H,2,10H2,1H3,(H,20,22). The van der Waals surface area contributed by atoms with Crippen LogP contribution >= 0.6 is 11.6 Å². The Hall–Kier alpha value is -3.46. The Morgan fingerprint density at radius 1 is 1.07 bits per heavy atom. The van der Waals surface area contributed by atoms with E-state index in [2.05, 4.69) is 5.32 Å². The molecule has 0 spiro atoms. The van der Waals surface area contributed by atoms with Gasteiger partial charge < -0.3 is 14.8 Å². The summed E-state index contributed by atoms with van der Waals surface area (Å²) in [6.07, 6.45) is 0. The lowest BCUT2D eigenvalue weighted by atomic mass is 10.2. The van der Waals surface area contributed by atoms with Gasteiger partial charge in [-0.15, -0.1) is 0 Å². The maximum atomic E-state index is 12.0. The van der Waals surface area contributed by atoms with Gasteiger partial charge in [-0.2, -0.15) is 0 Å². The fraction of sp³-hybridized carbons (Fsp3) is 0.167. The number of carbonyl (C=O) groups excluding carboxylic acids is 3. The van der Waals surface area contributed by atoms with Crippen LogP contribution in [0.4, 0.5) is 11.4 Å². The van der Waals surface area contributed by atoms with Crippen molar-refractivity contribution >= 4 is 40.8 Å². The van der Waals surface area contributed by atoms with Crippen molar-refractivity contribution in [2.24, 2.45) is 0 Å². The van der Waals surface area contributed by atoms with Crippen molar-refractivity contribution in [3.8, 4) is 0 Å². The summed E-state index contributed by atoms with van der Waals surface area (Å²) in [5.74, 6) is -2.21.